The zero-order chi connectivity index (χ0) is 12.7. The van der Waals surface area contributed by atoms with Gasteiger partial charge in [0.15, 0.2) is 0 Å². The third-order valence-electron chi connectivity index (χ3n) is 2.53. The summed E-state index contributed by atoms with van der Waals surface area (Å²) in [5, 5.41) is 3.22. The summed E-state index contributed by atoms with van der Waals surface area (Å²) in [6.07, 6.45) is 0.764. The standard InChI is InChI=1S/C14H18BrNO/c1-4-5-6-9-17-14-8-7-12(15)10-13(14)11(2)16-3/h7-8,10-11,16H,6,9H2,1-3H3. The van der Waals surface area contributed by atoms with Crippen LogP contribution in [0.15, 0.2) is 22.7 Å². The third kappa shape index (κ3) is 4.41. The quantitative estimate of drug-likeness (QED) is 0.663. The first-order valence-electron chi connectivity index (χ1n) is 5.68. The van der Waals surface area contributed by atoms with E-state index in [2.05, 4.69) is 46.1 Å². The van der Waals surface area contributed by atoms with E-state index in [4.69, 9.17) is 4.74 Å². The van der Waals surface area contributed by atoms with Gasteiger partial charge in [0.2, 0.25) is 0 Å². The zero-order valence-corrected chi connectivity index (χ0v) is 12.1. The summed E-state index contributed by atoms with van der Waals surface area (Å²) in [7, 11) is 1.94. The molecule has 0 radical (unpaired) electrons. The van der Waals surface area contributed by atoms with E-state index in [1.807, 2.05) is 26.1 Å². The molecule has 1 atom stereocenters. The third-order valence-corrected chi connectivity index (χ3v) is 3.03. The molecule has 0 aliphatic carbocycles. The van der Waals surface area contributed by atoms with Crippen molar-refractivity contribution in [3.05, 3.63) is 28.2 Å². The zero-order valence-electron chi connectivity index (χ0n) is 10.5. The second-order valence-electron chi connectivity index (χ2n) is 3.72. The van der Waals surface area contributed by atoms with Crippen molar-refractivity contribution in [3.63, 3.8) is 0 Å². The Balaban J connectivity index is 2.78. The lowest BCUT2D eigenvalue weighted by atomic mass is 10.1. The molecule has 0 saturated carbocycles. The molecule has 0 amide bonds. The maximum Gasteiger partial charge on any atom is 0.124 e. The molecule has 0 aliphatic rings. The highest BCUT2D eigenvalue weighted by Crippen LogP contribution is 2.28. The maximum absolute atomic E-state index is 5.75. The van der Waals surface area contributed by atoms with Gasteiger partial charge in [-0.05, 0) is 39.1 Å². The fraction of sp³-hybridized carbons (Fsp3) is 0.429. The Bertz CT molecular complexity index is 420. The van der Waals surface area contributed by atoms with E-state index in [1.165, 1.54) is 0 Å². The maximum atomic E-state index is 5.75. The number of nitrogens with one attached hydrogen (secondary N) is 1. The SMILES string of the molecule is CC#CCCOc1ccc(Br)cc1C(C)NC. The first-order valence-corrected chi connectivity index (χ1v) is 6.47. The van der Waals surface area contributed by atoms with Crippen molar-refractivity contribution in [2.45, 2.75) is 26.3 Å². The van der Waals surface area contributed by atoms with E-state index >= 15 is 0 Å². The van der Waals surface area contributed by atoms with Crippen LogP contribution in [-0.4, -0.2) is 13.7 Å². The molecule has 1 N–H and O–H groups in total. The summed E-state index contributed by atoms with van der Waals surface area (Å²) in [6, 6.07) is 6.33. The van der Waals surface area contributed by atoms with Crippen LogP contribution in [0.2, 0.25) is 0 Å². The lowest BCUT2D eigenvalue weighted by Gasteiger charge is -2.16. The second-order valence-corrected chi connectivity index (χ2v) is 4.63. The van der Waals surface area contributed by atoms with Gasteiger partial charge in [-0.1, -0.05) is 15.9 Å². The molecule has 2 nitrogen and oxygen atoms in total. The Morgan fingerprint density at radius 2 is 2.24 bits per heavy atom. The molecule has 0 bridgehead atoms. The van der Waals surface area contributed by atoms with Gasteiger partial charge >= 0.3 is 0 Å². The molecule has 1 aromatic carbocycles. The molecule has 0 aliphatic heterocycles. The van der Waals surface area contributed by atoms with Gasteiger partial charge < -0.3 is 10.1 Å². The molecule has 92 valence electrons. The number of rotatable bonds is 5. The molecule has 1 unspecified atom stereocenters. The number of ether oxygens (including phenoxy) is 1. The summed E-state index contributed by atoms with van der Waals surface area (Å²) in [4.78, 5) is 0. The molecule has 0 heterocycles. The van der Waals surface area contributed by atoms with Crippen LogP contribution in [0.1, 0.15) is 31.9 Å². The first-order chi connectivity index (χ1) is 8.19. The molecule has 3 heteroatoms. The fourth-order valence-corrected chi connectivity index (χ4v) is 1.86. The lowest BCUT2D eigenvalue weighted by molar-refractivity contribution is 0.320. The van der Waals surface area contributed by atoms with Gasteiger partial charge in [0.1, 0.15) is 5.75 Å². The van der Waals surface area contributed by atoms with Crippen LogP contribution >= 0.6 is 15.9 Å². The smallest absolute Gasteiger partial charge is 0.124 e. The van der Waals surface area contributed by atoms with Crippen molar-refractivity contribution in [3.8, 4) is 17.6 Å². The van der Waals surface area contributed by atoms with E-state index in [1.54, 1.807) is 0 Å². The van der Waals surface area contributed by atoms with Gasteiger partial charge in [-0.3, -0.25) is 0 Å². The van der Waals surface area contributed by atoms with Gasteiger partial charge in [0.25, 0.3) is 0 Å². The van der Waals surface area contributed by atoms with Crippen molar-refractivity contribution in [2.24, 2.45) is 0 Å². The number of hydrogen-bond acceptors (Lipinski definition) is 2. The highest BCUT2D eigenvalue weighted by molar-refractivity contribution is 9.10. The molecular weight excluding hydrogens is 278 g/mol. The first kappa shape index (κ1) is 14.1. The van der Waals surface area contributed by atoms with Gasteiger partial charge in [-0.2, -0.15) is 0 Å². The van der Waals surface area contributed by atoms with Crippen molar-refractivity contribution in [1.29, 1.82) is 0 Å². The van der Waals surface area contributed by atoms with E-state index in [0.717, 1.165) is 22.2 Å². The monoisotopic (exact) mass is 295 g/mol. The Kier molecular flexibility index (Phi) is 6.10. The predicted molar refractivity (Wildman–Crippen MR) is 75.2 cm³/mol. The molecule has 1 aromatic rings. The van der Waals surface area contributed by atoms with Gasteiger partial charge in [0, 0.05) is 22.5 Å². The summed E-state index contributed by atoms with van der Waals surface area (Å²) in [5.74, 6) is 6.78. The minimum absolute atomic E-state index is 0.264. The Labute approximate surface area is 112 Å². The molecular formula is C14H18BrNO. The molecule has 0 aromatic heterocycles. The van der Waals surface area contributed by atoms with Crippen LogP contribution in [0.25, 0.3) is 0 Å². The van der Waals surface area contributed by atoms with Crippen LogP contribution in [0.3, 0.4) is 0 Å². The highest BCUT2D eigenvalue weighted by atomic mass is 79.9. The minimum Gasteiger partial charge on any atom is -0.492 e. The summed E-state index contributed by atoms with van der Waals surface area (Å²) >= 11 is 3.48. The number of halogens is 1. The van der Waals surface area contributed by atoms with E-state index < -0.39 is 0 Å². The lowest BCUT2D eigenvalue weighted by Crippen LogP contribution is -2.14. The largest absolute Gasteiger partial charge is 0.492 e. The van der Waals surface area contributed by atoms with Crippen LogP contribution < -0.4 is 10.1 Å². The van der Waals surface area contributed by atoms with E-state index in [-0.39, 0.29) is 6.04 Å². The van der Waals surface area contributed by atoms with Crippen LogP contribution in [0, 0.1) is 11.8 Å². The summed E-state index contributed by atoms with van der Waals surface area (Å²) in [5.41, 5.74) is 1.16. The molecule has 0 spiro atoms. The number of benzene rings is 1. The molecule has 0 saturated heterocycles. The normalized spacial score (nSPS) is 11.5. The molecule has 1 rings (SSSR count). The van der Waals surface area contributed by atoms with Crippen molar-refractivity contribution < 1.29 is 4.74 Å². The van der Waals surface area contributed by atoms with Crippen molar-refractivity contribution >= 4 is 15.9 Å². The molecule has 17 heavy (non-hydrogen) atoms. The van der Waals surface area contributed by atoms with Crippen molar-refractivity contribution in [1.82, 2.24) is 5.32 Å². The van der Waals surface area contributed by atoms with E-state index in [9.17, 15) is 0 Å². The Morgan fingerprint density at radius 1 is 1.47 bits per heavy atom. The minimum atomic E-state index is 0.264. The second kappa shape index (κ2) is 7.37. The van der Waals surface area contributed by atoms with Crippen LogP contribution in [0.5, 0.6) is 5.75 Å². The number of hydrogen-bond donors (Lipinski definition) is 1. The van der Waals surface area contributed by atoms with E-state index in [0.29, 0.717) is 6.61 Å². The van der Waals surface area contributed by atoms with Crippen molar-refractivity contribution in [2.75, 3.05) is 13.7 Å². The topological polar surface area (TPSA) is 21.3 Å². The Hall–Kier alpha value is -0.980. The van der Waals surface area contributed by atoms with Crippen LogP contribution in [0.4, 0.5) is 0 Å². The average molecular weight is 296 g/mol. The van der Waals surface area contributed by atoms with Gasteiger partial charge in [-0.15, -0.1) is 11.8 Å². The predicted octanol–water partition coefficient (Wildman–Crippen LogP) is 3.52. The fourth-order valence-electron chi connectivity index (χ4n) is 1.48. The van der Waals surface area contributed by atoms with Crippen LogP contribution in [-0.2, 0) is 0 Å². The summed E-state index contributed by atoms with van der Waals surface area (Å²) < 4.78 is 6.82. The Morgan fingerprint density at radius 3 is 2.88 bits per heavy atom. The van der Waals surface area contributed by atoms with Gasteiger partial charge in [0.05, 0.1) is 6.61 Å². The molecule has 0 fully saturated rings. The average Bonchev–Trinajstić information content (AvgIpc) is 2.35. The summed E-state index contributed by atoms with van der Waals surface area (Å²) in [6.45, 7) is 4.58. The highest BCUT2D eigenvalue weighted by Gasteiger charge is 2.10. The van der Waals surface area contributed by atoms with Gasteiger partial charge in [-0.25, -0.2) is 0 Å².